The number of benzene rings is 1. The van der Waals surface area contributed by atoms with Gasteiger partial charge in [0.05, 0.1) is 13.2 Å². The van der Waals surface area contributed by atoms with E-state index in [2.05, 4.69) is 0 Å². The fourth-order valence-corrected chi connectivity index (χ4v) is 4.37. The molecule has 0 aliphatic heterocycles. The lowest BCUT2D eigenvalue weighted by atomic mass is 10.4. The van der Waals surface area contributed by atoms with Crippen molar-refractivity contribution in [1.29, 1.82) is 0 Å². The minimum atomic E-state index is -0.858. The number of hydrogen-bond acceptors (Lipinski definition) is 6. The highest BCUT2D eigenvalue weighted by Gasteiger charge is 2.39. The summed E-state index contributed by atoms with van der Waals surface area (Å²) in [5.41, 5.74) is 0. The van der Waals surface area contributed by atoms with Crippen molar-refractivity contribution in [2.45, 2.75) is 29.7 Å². The molecule has 6 heteroatoms. The van der Waals surface area contributed by atoms with Crippen molar-refractivity contribution in [3.05, 3.63) is 30.3 Å². The highest BCUT2D eigenvalue weighted by Crippen LogP contribution is 2.43. The van der Waals surface area contributed by atoms with Gasteiger partial charge in [-0.2, -0.15) is 0 Å². The molecule has 0 spiro atoms. The summed E-state index contributed by atoms with van der Waals surface area (Å²) in [6, 6.07) is 9.70. The Morgan fingerprint density at radius 2 is 1.80 bits per heavy atom. The standard InChI is InChI=1S/C14H18O3S3/c1-4-16-12(15)14(3,20-13(18)17-5-2)19-11-9-7-6-8-10-11/h6-10H,4-5H2,1-3H3. The molecule has 0 saturated heterocycles. The van der Waals surface area contributed by atoms with E-state index in [1.807, 2.05) is 37.3 Å². The van der Waals surface area contributed by atoms with Gasteiger partial charge >= 0.3 is 5.97 Å². The van der Waals surface area contributed by atoms with E-state index < -0.39 is 4.08 Å². The summed E-state index contributed by atoms with van der Waals surface area (Å²) in [4.78, 5) is 13.2. The molecular weight excluding hydrogens is 312 g/mol. The maximum atomic E-state index is 12.2. The van der Waals surface area contributed by atoms with Crippen molar-refractivity contribution >= 4 is 46.1 Å². The van der Waals surface area contributed by atoms with Crippen LogP contribution in [0.2, 0.25) is 0 Å². The summed E-state index contributed by atoms with van der Waals surface area (Å²) in [6.45, 7) is 6.28. The number of thiocarbonyl (C=S) groups is 1. The third-order valence-corrected chi connectivity index (χ3v) is 5.01. The molecule has 1 unspecified atom stereocenters. The Balaban J connectivity index is 2.88. The van der Waals surface area contributed by atoms with Crippen LogP contribution < -0.4 is 0 Å². The summed E-state index contributed by atoms with van der Waals surface area (Å²) >= 11 is 7.77. The van der Waals surface area contributed by atoms with Crippen molar-refractivity contribution < 1.29 is 14.3 Å². The van der Waals surface area contributed by atoms with Crippen LogP contribution in [0, 0.1) is 0 Å². The van der Waals surface area contributed by atoms with Crippen LogP contribution in [0.4, 0.5) is 0 Å². The molecular formula is C14H18O3S3. The van der Waals surface area contributed by atoms with Gasteiger partial charge < -0.3 is 9.47 Å². The number of esters is 1. The van der Waals surface area contributed by atoms with Gasteiger partial charge in [0.1, 0.15) is 0 Å². The van der Waals surface area contributed by atoms with Gasteiger partial charge in [-0.1, -0.05) is 30.0 Å². The molecule has 1 aromatic carbocycles. The van der Waals surface area contributed by atoms with Crippen LogP contribution >= 0.6 is 35.7 Å². The molecule has 0 bridgehead atoms. The highest BCUT2D eigenvalue weighted by molar-refractivity contribution is 8.31. The van der Waals surface area contributed by atoms with Crippen LogP contribution in [-0.2, 0) is 14.3 Å². The van der Waals surface area contributed by atoms with E-state index >= 15 is 0 Å². The normalized spacial score (nSPS) is 13.3. The van der Waals surface area contributed by atoms with Gasteiger partial charge in [0, 0.05) is 4.90 Å². The van der Waals surface area contributed by atoms with E-state index in [-0.39, 0.29) is 5.97 Å². The second-order valence-corrected chi connectivity index (χ2v) is 7.64. The van der Waals surface area contributed by atoms with Gasteiger partial charge in [0.25, 0.3) is 0 Å². The van der Waals surface area contributed by atoms with E-state index in [1.165, 1.54) is 23.5 Å². The van der Waals surface area contributed by atoms with Gasteiger partial charge in [-0.3, -0.25) is 0 Å². The first-order chi connectivity index (χ1) is 9.51. The third kappa shape index (κ3) is 5.34. The number of carbonyl (C=O) groups is 1. The lowest BCUT2D eigenvalue weighted by Gasteiger charge is -2.25. The molecule has 0 heterocycles. The van der Waals surface area contributed by atoms with Crippen LogP contribution in [0.25, 0.3) is 0 Å². The zero-order valence-electron chi connectivity index (χ0n) is 11.8. The summed E-state index contributed by atoms with van der Waals surface area (Å²) in [6.07, 6.45) is 0. The minimum Gasteiger partial charge on any atom is -0.479 e. The van der Waals surface area contributed by atoms with Crippen molar-refractivity contribution in [3.8, 4) is 0 Å². The predicted molar refractivity (Wildman–Crippen MR) is 89.2 cm³/mol. The SMILES string of the molecule is CCOC(=O)C(C)(SC(=S)OCC)Sc1ccccc1. The fourth-order valence-electron chi connectivity index (χ4n) is 1.39. The van der Waals surface area contributed by atoms with E-state index in [4.69, 9.17) is 21.7 Å². The van der Waals surface area contributed by atoms with Crippen molar-refractivity contribution in [2.75, 3.05) is 13.2 Å². The van der Waals surface area contributed by atoms with Gasteiger partial charge in [0.15, 0.2) is 4.08 Å². The Morgan fingerprint density at radius 3 is 2.35 bits per heavy atom. The van der Waals surface area contributed by atoms with Gasteiger partial charge in [-0.15, -0.1) is 0 Å². The summed E-state index contributed by atoms with van der Waals surface area (Å²) in [5.74, 6) is -0.305. The van der Waals surface area contributed by atoms with Gasteiger partial charge in [-0.05, 0) is 56.9 Å². The highest BCUT2D eigenvalue weighted by atomic mass is 32.2. The van der Waals surface area contributed by atoms with Crippen molar-refractivity contribution in [3.63, 3.8) is 0 Å². The number of ether oxygens (including phenoxy) is 2. The topological polar surface area (TPSA) is 35.5 Å². The summed E-state index contributed by atoms with van der Waals surface area (Å²) < 4.78 is 9.94. The maximum absolute atomic E-state index is 12.2. The maximum Gasteiger partial charge on any atom is 0.333 e. The van der Waals surface area contributed by atoms with E-state index in [1.54, 1.807) is 13.8 Å². The molecule has 1 rings (SSSR count). The number of carbonyl (C=O) groups excluding carboxylic acids is 1. The Bertz CT molecular complexity index is 450. The molecule has 0 radical (unpaired) electrons. The number of hydrogen-bond donors (Lipinski definition) is 0. The Morgan fingerprint density at radius 1 is 1.20 bits per heavy atom. The van der Waals surface area contributed by atoms with Gasteiger partial charge in [-0.25, -0.2) is 4.79 Å². The van der Waals surface area contributed by atoms with Gasteiger partial charge in [0.2, 0.25) is 4.38 Å². The van der Waals surface area contributed by atoms with E-state index in [9.17, 15) is 4.79 Å². The fraction of sp³-hybridized carbons (Fsp3) is 0.429. The average molecular weight is 330 g/mol. The molecule has 0 saturated carbocycles. The smallest absolute Gasteiger partial charge is 0.333 e. The lowest BCUT2D eigenvalue weighted by Crippen LogP contribution is -2.31. The number of rotatable bonds is 6. The first-order valence-electron chi connectivity index (χ1n) is 6.29. The lowest BCUT2D eigenvalue weighted by molar-refractivity contribution is -0.143. The largest absolute Gasteiger partial charge is 0.479 e. The summed E-state index contributed by atoms with van der Waals surface area (Å²) in [5, 5.41) is 0. The van der Waals surface area contributed by atoms with Crippen molar-refractivity contribution in [2.24, 2.45) is 0 Å². The van der Waals surface area contributed by atoms with Crippen LogP contribution in [0.3, 0.4) is 0 Å². The quantitative estimate of drug-likeness (QED) is 0.338. The Hall–Kier alpha value is -0.720. The molecule has 0 aliphatic carbocycles. The molecule has 1 atom stereocenters. The second kappa shape index (κ2) is 8.54. The zero-order valence-corrected chi connectivity index (χ0v) is 14.2. The molecule has 0 amide bonds. The Labute approximate surface area is 133 Å². The first kappa shape index (κ1) is 17.3. The van der Waals surface area contributed by atoms with E-state index in [0.29, 0.717) is 17.6 Å². The second-order valence-electron chi connectivity index (χ2n) is 3.87. The van der Waals surface area contributed by atoms with Crippen LogP contribution in [0.1, 0.15) is 20.8 Å². The van der Waals surface area contributed by atoms with Crippen LogP contribution in [0.5, 0.6) is 0 Å². The predicted octanol–water partition coefficient (Wildman–Crippen LogP) is 4.11. The minimum absolute atomic E-state index is 0.305. The average Bonchev–Trinajstić information content (AvgIpc) is 2.40. The monoisotopic (exact) mass is 330 g/mol. The molecule has 0 aliphatic rings. The first-order valence-corrected chi connectivity index (χ1v) is 8.33. The van der Waals surface area contributed by atoms with Crippen molar-refractivity contribution in [1.82, 2.24) is 0 Å². The third-order valence-electron chi connectivity index (χ3n) is 2.24. The molecule has 110 valence electrons. The zero-order chi connectivity index (χ0) is 15.0. The summed E-state index contributed by atoms with van der Waals surface area (Å²) in [7, 11) is 0. The molecule has 20 heavy (non-hydrogen) atoms. The number of thioether (sulfide) groups is 2. The van der Waals surface area contributed by atoms with Crippen LogP contribution in [0.15, 0.2) is 35.2 Å². The van der Waals surface area contributed by atoms with Crippen LogP contribution in [-0.4, -0.2) is 27.6 Å². The van der Waals surface area contributed by atoms with E-state index in [0.717, 1.165) is 4.90 Å². The molecule has 0 aromatic heterocycles. The Kier molecular flexibility index (Phi) is 7.40. The molecule has 0 fully saturated rings. The molecule has 3 nitrogen and oxygen atoms in total. The molecule has 1 aromatic rings. The molecule has 0 N–H and O–H groups in total.